The Bertz CT molecular complexity index is 305. The van der Waals surface area contributed by atoms with Crippen LogP contribution in [0.2, 0.25) is 0 Å². The first kappa shape index (κ1) is 11.5. The highest BCUT2D eigenvalue weighted by Gasteiger charge is 2.09. The lowest BCUT2D eigenvalue weighted by Gasteiger charge is -2.12. The van der Waals surface area contributed by atoms with E-state index in [2.05, 4.69) is 15.9 Å². The Morgan fingerprint density at radius 2 is 2.07 bits per heavy atom. The lowest BCUT2D eigenvalue weighted by Crippen LogP contribution is -2.11. The molecule has 1 aromatic carbocycles. The van der Waals surface area contributed by atoms with E-state index in [-0.39, 0.29) is 11.6 Å². The molecule has 1 rings (SSSR count). The van der Waals surface area contributed by atoms with Crippen LogP contribution < -0.4 is 4.74 Å². The molecule has 0 bridgehead atoms. The zero-order chi connectivity index (χ0) is 10.7. The van der Waals surface area contributed by atoms with Gasteiger partial charge >= 0.3 is 0 Å². The van der Waals surface area contributed by atoms with Crippen molar-refractivity contribution in [1.82, 2.24) is 4.90 Å². The van der Waals surface area contributed by atoms with Crippen LogP contribution in [0.25, 0.3) is 0 Å². The largest absolute Gasteiger partial charge is 0.492 e. The van der Waals surface area contributed by atoms with Crippen LogP contribution in [-0.2, 0) is 6.54 Å². The minimum Gasteiger partial charge on any atom is -0.492 e. The summed E-state index contributed by atoms with van der Waals surface area (Å²) in [5.41, 5.74) is 0.917. The third kappa shape index (κ3) is 2.69. The number of rotatable bonds is 3. The molecule has 4 heteroatoms. The van der Waals surface area contributed by atoms with Gasteiger partial charge in [0.15, 0.2) is 11.6 Å². The van der Waals surface area contributed by atoms with Crippen LogP contribution in [-0.4, -0.2) is 26.1 Å². The van der Waals surface area contributed by atoms with E-state index in [0.717, 1.165) is 5.56 Å². The maximum Gasteiger partial charge on any atom is 0.168 e. The van der Waals surface area contributed by atoms with Crippen molar-refractivity contribution in [3.63, 3.8) is 0 Å². The van der Waals surface area contributed by atoms with Gasteiger partial charge in [0.1, 0.15) is 0 Å². The van der Waals surface area contributed by atoms with Gasteiger partial charge in [-0.25, -0.2) is 4.39 Å². The molecule has 0 aliphatic heterocycles. The van der Waals surface area contributed by atoms with E-state index >= 15 is 0 Å². The van der Waals surface area contributed by atoms with Gasteiger partial charge in [-0.15, -0.1) is 0 Å². The average Bonchev–Trinajstić information content (AvgIpc) is 2.01. The molecule has 0 radical (unpaired) electrons. The van der Waals surface area contributed by atoms with E-state index in [9.17, 15) is 4.39 Å². The van der Waals surface area contributed by atoms with Crippen molar-refractivity contribution < 1.29 is 9.13 Å². The predicted octanol–water partition coefficient (Wildman–Crippen LogP) is 2.66. The lowest BCUT2D eigenvalue weighted by atomic mass is 10.2. The van der Waals surface area contributed by atoms with Gasteiger partial charge in [-0.3, -0.25) is 0 Å². The van der Waals surface area contributed by atoms with Crippen molar-refractivity contribution in [3.8, 4) is 5.75 Å². The zero-order valence-corrected chi connectivity index (χ0v) is 10.1. The summed E-state index contributed by atoms with van der Waals surface area (Å²) in [6.45, 7) is 0.708. The summed E-state index contributed by atoms with van der Waals surface area (Å²) in [4.78, 5) is 1.98. The smallest absolute Gasteiger partial charge is 0.168 e. The Balaban J connectivity index is 3.01. The van der Waals surface area contributed by atoms with Gasteiger partial charge in [0.25, 0.3) is 0 Å². The Kier molecular flexibility index (Phi) is 3.89. The van der Waals surface area contributed by atoms with Gasteiger partial charge in [0, 0.05) is 6.54 Å². The molecule has 0 aliphatic carbocycles. The van der Waals surface area contributed by atoms with Crippen molar-refractivity contribution >= 4 is 15.9 Å². The van der Waals surface area contributed by atoms with E-state index < -0.39 is 0 Å². The highest BCUT2D eigenvalue weighted by Crippen LogP contribution is 2.29. The molecule has 1 aromatic rings. The molecule has 0 saturated carbocycles. The molecule has 0 aromatic heterocycles. The molecule has 2 nitrogen and oxygen atoms in total. The highest BCUT2D eigenvalue weighted by atomic mass is 79.9. The number of halogens is 2. The molecule has 0 N–H and O–H groups in total. The van der Waals surface area contributed by atoms with E-state index in [1.54, 1.807) is 0 Å². The van der Waals surface area contributed by atoms with Crippen LogP contribution in [0.1, 0.15) is 5.56 Å². The van der Waals surface area contributed by atoms with Gasteiger partial charge in [0.2, 0.25) is 0 Å². The molecule has 0 unspecified atom stereocenters. The highest BCUT2D eigenvalue weighted by molar-refractivity contribution is 9.10. The Hall–Kier alpha value is -0.610. The molecular formula is C10H13BrFNO. The average molecular weight is 262 g/mol. The molecular weight excluding hydrogens is 249 g/mol. The van der Waals surface area contributed by atoms with Crippen LogP contribution in [0.4, 0.5) is 4.39 Å². The molecule has 78 valence electrons. The van der Waals surface area contributed by atoms with Gasteiger partial charge in [-0.1, -0.05) is 0 Å². The van der Waals surface area contributed by atoms with Crippen LogP contribution in [0.3, 0.4) is 0 Å². The molecule has 0 aliphatic rings. The van der Waals surface area contributed by atoms with Gasteiger partial charge in [-0.05, 0) is 47.7 Å². The third-order valence-corrected chi connectivity index (χ3v) is 2.35. The molecule has 0 spiro atoms. The van der Waals surface area contributed by atoms with E-state index in [1.165, 1.54) is 13.2 Å². The first-order chi connectivity index (χ1) is 6.54. The number of hydrogen-bond acceptors (Lipinski definition) is 2. The van der Waals surface area contributed by atoms with E-state index in [4.69, 9.17) is 4.74 Å². The van der Waals surface area contributed by atoms with E-state index in [0.29, 0.717) is 11.0 Å². The second-order valence-electron chi connectivity index (χ2n) is 3.33. The Morgan fingerprint density at radius 3 is 2.50 bits per heavy atom. The van der Waals surface area contributed by atoms with Gasteiger partial charge < -0.3 is 9.64 Å². The van der Waals surface area contributed by atoms with Gasteiger partial charge in [0.05, 0.1) is 11.6 Å². The molecule has 0 heterocycles. The molecule has 0 amide bonds. The zero-order valence-electron chi connectivity index (χ0n) is 8.47. The number of methoxy groups -OCH3 is 1. The Morgan fingerprint density at radius 1 is 1.43 bits per heavy atom. The number of hydrogen-bond donors (Lipinski definition) is 0. The summed E-state index contributed by atoms with van der Waals surface area (Å²) < 4.78 is 18.9. The van der Waals surface area contributed by atoms with Crippen LogP contribution in [0, 0.1) is 5.82 Å². The topological polar surface area (TPSA) is 12.5 Å². The first-order valence-electron chi connectivity index (χ1n) is 4.21. The number of benzene rings is 1. The standard InChI is InChI=1S/C10H13BrFNO/c1-13(2)6-7-4-8(11)10(14-3)9(12)5-7/h4-5H,6H2,1-3H3. The van der Waals surface area contributed by atoms with Crippen LogP contribution >= 0.6 is 15.9 Å². The Labute approximate surface area is 91.8 Å². The fraction of sp³-hybridized carbons (Fsp3) is 0.400. The van der Waals surface area contributed by atoms with E-state index in [1.807, 2.05) is 25.1 Å². The molecule has 0 fully saturated rings. The number of ether oxygens (including phenoxy) is 1. The summed E-state index contributed by atoms with van der Waals surface area (Å²) in [5, 5.41) is 0. The second-order valence-corrected chi connectivity index (χ2v) is 4.18. The van der Waals surface area contributed by atoms with Crippen molar-refractivity contribution in [3.05, 3.63) is 28.0 Å². The summed E-state index contributed by atoms with van der Waals surface area (Å²) in [6, 6.07) is 3.35. The van der Waals surface area contributed by atoms with Gasteiger partial charge in [-0.2, -0.15) is 0 Å². The fourth-order valence-electron chi connectivity index (χ4n) is 1.26. The summed E-state index contributed by atoms with van der Waals surface area (Å²) >= 11 is 3.26. The lowest BCUT2D eigenvalue weighted by molar-refractivity contribution is 0.378. The van der Waals surface area contributed by atoms with Crippen molar-refractivity contribution in [2.45, 2.75) is 6.54 Å². The van der Waals surface area contributed by atoms with Crippen molar-refractivity contribution in [1.29, 1.82) is 0 Å². The molecule has 0 saturated heterocycles. The summed E-state index contributed by atoms with van der Waals surface area (Å²) in [6.07, 6.45) is 0. The van der Waals surface area contributed by atoms with Crippen LogP contribution in [0.5, 0.6) is 5.75 Å². The predicted molar refractivity (Wildman–Crippen MR) is 58.0 cm³/mol. The monoisotopic (exact) mass is 261 g/mol. The van der Waals surface area contributed by atoms with Crippen molar-refractivity contribution in [2.75, 3.05) is 21.2 Å². The quantitative estimate of drug-likeness (QED) is 0.830. The molecule has 0 atom stereocenters. The summed E-state index contributed by atoms with van der Waals surface area (Å²) in [7, 11) is 5.33. The number of nitrogens with zero attached hydrogens (tertiary/aromatic N) is 1. The third-order valence-electron chi connectivity index (χ3n) is 1.76. The minimum absolute atomic E-state index is 0.257. The maximum absolute atomic E-state index is 13.4. The molecule has 14 heavy (non-hydrogen) atoms. The normalized spacial score (nSPS) is 10.7. The second kappa shape index (κ2) is 4.75. The maximum atomic E-state index is 13.4. The fourth-order valence-corrected chi connectivity index (χ4v) is 1.91. The first-order valence-corrected chi connectivity index (χ1v) is 5.00. The minimum atomic E-state index is -0.335. The van der Waals surface area contributed by atoms with Crippen LogP contribution in [0.15, 0.2) is 16.6 Å². The summed E-state index contributed by atoms with van der Waals surface area (Å²) in [5.74, 6) is -0.0776. The van der Waals surface area contributed by atoms with Crippen molar-refractivity contribution in [2.24, 2.45) is 0 Å². The SMILES string of the molecule is COc1c(F)cc(CN(C)C)cc1Br.